The minimum atomic E-state index is -3.18. The Bertz CT molecular complexity index is 579. The third-order valence-electron chi connectivity index (χ3n) is 4.45. The van der Waals surface area contributed by atoms with Gasteiger partial charge in [0.25, 0.3) is 0 Å². The molecule has 1 fully saturated rings. The van der Waals surface area contributed by atoms with Crippen molar-refractivity contribution in [1.82, 2.24) is 14.5 Å². The molecule has 7 heteroatoms. The van der Waals surface area contributed by atoms with Gasteiger partial charge in [0.2, 0.25) is 10.0 Å². The molecule has 1 N–H and O–H groups in total. The van der Waals surface area contributed by atoms with Gasteiger partial charge >= 0.3 is 0 Å². The number of nitrogens with one attached hydrogen (secondary N) is 1. The number of sulfonamides is 1. The summed E-state index contributed by atoms with van der Waals surface area (Å²) in [6.07, 6.45) is 0.851. The second kappa shape index (κ2) is 6.34. The number of rotatable bonds is 4. The van der Waals surface area contributed by atoms with E-state index in [4.69, 9.17) is 0 Å². The summed E-state index contributed by atoms with van der Waals surface area (Å²) in [5.41, 5.74) is 1.19. The number of nitrogens with zero attached hydrogens (tertiary/aromatic N) is 2. The average molecular weight is 329 g/mol. The van der Waals surface area contributed by atoms with Gasteiger partial charge in [-0.25, -0.2) is 8.42 Å². The van der Waals surface area contributed by atoms with E-state index in [1.807, 2.05) is 6.92 Å². The molecule has 3 heterocycles. The zero-order valence-corrected chi connectivity index (χ0v) is 14.0. The topological polar surface area (TPSA) is 52.7 Å². The minimum Gasteiger partial charge on any atom is -0.314 e. The SMILES string of the molecule is CC1c2ccsc2CCN1S(=O)(=O)CCN1CCNCC1. The van der Waals surface area contributed by atoms with E-state index in [-0.39, 0.29) is 11.8 Å². The lowest BCUT2D eigenvalue weighted by Gasteiger charge is -2.34. The van der Waals surface area contributed by atoms with Crippen molar-refractivity contribution in [2.24, 2.45) is 0 Å². The molecule has 118 valence electrons. The van der Waals surface area contributed by atoms with E-state index in [1.165, 1.54) is 10.4 Å². The molecule has 3 rings (SSSR count). The monoisotopic (exact) mass is 329 g/mol. The fourth-order valence-corrected chi connectivity index (χ4v) is 5.81. The van der Waals surface area contributed by atoms with Crippen LogP contribution < -0.4 is 5.32 Å². The van der Waals surface area contributed by atoms with Crippen LogP contribution in [0.2, 0.25) is 0 Å². The summed E-state index contributed by atoms with van der Waals surface area (Å²) >= 11 is 1.74. The maximum Gasteiger partial charge on any atom is 0.215 e. The van der Waals surface area contributed by atoms with Crippen LogP contribution in [0.15, 0.2) is 11.4 Å². The van der Waals surface area contributed by atoms with Crippen LogP contribution >= 0.6 is 11.3 Å². The van der Waals surface area contributed by atoms with Gasteiger partial charge in [0.1, 0.15) is 0 Å². The molecule has 21 heavy (non-hydrogen) atoms. The summed E-state index contributed by atoms with van der Waals surface area (Å²) in [6.45, 7) is 7.08. The van der Waals surface area contributed by atoms with E-state index in [0.29, 0.717) is 13.1 Å². The molecule has 1 aromatic rings. The Hall–Kier alpha value is -0.470. The van der Waals surface area contributed by atoms with Crippen LogP contribution in [0.4, 0.5) is 0 Å². The van der Waals surface area contributed by atoms with Gasteiger partial charge < -0.3 is 5.32 Å². The van der Waals surface area contributed by atoms with E-state index in [0.717, 1.165) is 32.6 Å². The summed E-state index contributed by atoms with van der Waals surface area (Å²) in [5, 5.41) is 5.36. The Morgan fingerprint density at radius 2 is 2.10 bits per heavy atom. The highest BCUT2D eigenvalue weighted by atomic mass is 32.2. The summed E-state index contributed by atoms with van der Waals surface area (Å²) < 4.78 is 27.0. The molecule has 0 aliphatic carbocycles. The molecule has 0 bridgehead atoms. The highest BCUT2D eigenvalue weighted by Crippen LogP contribution is 2.34. The van der Waals surface area contributed by atoms with E-state index >= 15 is 0 Å². The van der Waals surface area contributed by atoms with Crippen LogP contribution in [-0.2, 0) is 16.4 Å². The van der Waals surface area contributed by atoms with Crippen LogP contribution in [0.1, 0.15) is 23.4 Å². The standard InChI is InChI=1S/C14H23N3O2S2/c1-12-13-3-10-20-14(13)2-6-17(12)21(18,19)11-9-16-7-4-15-5-8-16/h3,10,12,15H,2,4-9,11H2,1H3. The van der Waals surface area contributed by atoms with Crippen LogP contribution in [0.5, 0.6) is 0 Å². The highest BCUT2D eigenvalue weighted by molar-refractivity contribution is 7.89. The normalized spacial score (nSPS) is 24.9. The number of hydrogen-bond acceptors (Lipinski definition) is 5. The second-order valence-electron chi connectivity index (χ2n) is 5.74. The minimum absolute atomic E-state index is 0.0203. The van der Waals surface area contributed by atoms with Crippen molar-refractivity contribution in [2.45, 2.75) is 19.4 Å². The first-order valence-electron chi connectivity index (χ1n) is 7.57. The fourth-order valence-electron chi connectivity index (χ4n) is 3.16. The Kier molecular flexibility index (Phi) is 4.66. The van der Waals surface area contributed by atoms with E-state index < -0.39 is 10.0 Å². The van der Waals surface area contributed by atoms with Crippen LogP contribution in [-0.4, -0.2) is 62.6 Å². The molecule has 5 nitrogen and oxygen atoms in total. The van der Waals surface area contributed by atoms with Gasteiger partial charge in [-0.1, -0.05) is 0 Å². The molecule has 1 aromatic heterocycles. The third-order valence-corrected chi connectivity index (χ3v) is 7.36. The molecular formula is C14H23N3O2S2. The van der Waals surface area contributed by atoms with Crippen LogP contribution in [0.25, 0.3) is 0 Å². The molecule has 0 aromatic carbocycles. The first-order chi connectivity index (χ1) is 10.1. The third kappa shape index (κ3) is 3.32. The summed E-state index contributed by atoms with van der Waals surface area (Å²) in [6, 6.07) is 2.05. The average Bonchev–Trinajstić information content (AvgIpc) is 2.96. The first kappa shape index (κ1) is 15.4. The lowest BCUT2D eigenvalue weighted by atomic mass is 10.0. The zero-order valence-electron chi connectivity index (χ0n) is 12.4. The molecule has 2 aliphatic rings. The van der Waals surface area contributed by atoms with Crippen molar-refractivity contribution >= 4 is 21.4 Å². The predicted octanol–water partition coefficient (Wildman–Crippen LogP) is 0.902. The fraction of sp³-hybridized carbons (Fsp3) is 0.714. The van der Waals surface area contributed by atoms with Crippen LogP contribution in [0.3, 0.4) is 0 Å². The molecule has 1 atom stereocenters. The van der Waals surface area contributed by atoms with E-state index in [1.54, 1.807) is 15.6 Å². The maximum absolute atomic E-state index is 12.7. The van der Waals surface area contributed by atoms with Crippen molar-refractivity contribution in [3.8, 4) is 0 Å². The van der Waals surface area contributed by atoms with E-state index in [2.05, 4.69) is 21.7 Å². The molecule has 0 saturated carbocycles. The second-order valence-corrected chi connectivity index (χ2v) is 8.79. The molecule has 1 saturated heterocycles. The lowest BCUT2D eigenvalue weighted by Crippen LogP contribution is -2.47. The Balaban J connectivity index is 1.65. The molecular weight excluding hydrogens is 306 g/mol. The smallest absolute Gasteiger partial charge is 0.215 e. The van der Waals surface area contributed by atoms with Gasteiger partial charge in [-0.15, -0.1) is 11.3 Å². The molecule has 0 spiro atoms. The van der Waals surface area contributed by atoms with Gasteiger partial charge in [0.15, 0.2) is 0 Å². The first-order valence-corrected chi connectivity index (χ1v) is 10.1. The molecule has 0 radical (unpaired) electrons. The van der Waals surface area contributed by atoms with Gasteiger partial charge in [0.05, 0.1) is 5.75 Å². The molecule has 1 unspecified atom stereocenters. The summed E-state index contributed by atoms with van der Waals surface area (Å²) in [4.78, 5) is 3.58. The van der Waals surface area contributed by atoms with Crippen molar-refractivity contribution in [2.75, 3.05) is 45.0 Å². The number of hydrogen-bond donors (Lipinski definition) is 1. The summed E-state index contributed by atoms with van der Waals surface area (Å²) in [7, 11) is -3.18. The lowest BCUT2D eigenvalue weighted by molar-refractivity contribution is 0.250. The Morgan fingerprint density at radius 1 is 1.33 bits per heavy atom. The van der Waals surface area contributed by atoms with E-state index in [9.17, 15) is 8.42 Å². The summed E-state index contributed by atoms with van der Waals surface area (Å²) in [5.74, 6) is 0.233. The number of thiophene rings is 1. The number of piperazine rings is 1. The van der Waals surface area contributed by atoms with Crippen molar-refractivity contribution in [3.63, 3.8) is 0 Å². The number of fused-ring (bicyclic) bond motifs is 1. The zero-order chi connectivity index (χ0) is 14.9. The molecule has 2 aliphatic heterocycles. The van der Waals surface area contributed by atoms with Crippen molar-refractivity contribution in [3.05, 3.63) is 21.9 Å². The van der Waals surface area contributed by atoms with Gasteiger partial charge in [0, 0.05) is 50.2 Å². The Labute approximate surface area is 131 Å². The molecule has 0 amide bonds. The predicted molar refractivity (Wildman–Crippen MR) is 86.2 cm³/mol. The van der Waals surface area contributed by atoms with Crippen molar-refractivity contribution < 1.29 is 8.42 Å². The Morgan fingerprint density at radius 3 is 2.86 bits per heavy atom. The maximum atomic E-state index is 12.7. The van der Waals surface area contributed by atoms with Crippen LogP contribution in [0, 0.1) is 0 Å². The van der Waals surface area contributed by atoms with Gasteiger partial charge in [-0.05, 0) is 30.4 Å². The van der Waals surface area contributed by atoms with Gasteiger partial charge in [-0.2, -0.15) is 4.31 Å². The van der Waals surface area contributed by atoms with Gasteiger partial charge in [-0.3, -0.25) is 4.90 Å². The van der Waals surface area contributed by atoms with Crippen molar-refractivity contribution in [1.29, 1.82) is 0 Å². The quantitative estimate of drug-likeness (QED) is 0.892. The highest BCUT2D eigenvalue weighted by Gasteiger charge is 2.33. The largest absolute Gasteiger partial charge is 0.314 e.